The Balaban J connectivity index is 1.62. The molecule has 1 aliphatic rings. The molecule has 0 aliphatic carbocycles. The number of benzene rings is 2. The van der Waals surface area contributed by atoms with Gasteiger partial charge in [-0.3, -0.25) is 4.79 Å². The highest BCUT2D eigenvalue weighted by Gasteiger charge is 2.22. The third-order valence-corrected chi connectivity index (χ3v) is 5.61. The summed E-state index contributed by atoms with van der Waals surface area (Å²) in [6.07, 6.45) is 4.37. The first-order valence-corrected chi connectivity index (χ1v) is 10.5. The summed E-state index contributed by atoms with van der Waals surface area (Å²) in [6, 6.07) is 13.5. The third-order valence-electron chi connectivity index (χ3n) is 4.50. The molecule has 0 aromatic heterocycles. The summed E-state index contributed by atoms with van der Waals surface area (Å²) in [6.45, 7) is 1.93. The molecule has 1 saturated heterocycles. The van der Waals surface area contributed by atoms with Crippen LogP contribution in [0.15, 0.2) is 59.5 Å². The molecule has 0 radical (unpaired) electrons. The van der Waals surface area contributed by atoms with Gasteiger partial charge in [0.05, 0.1) is 10.6 Å². The molecular formula is C20H21FN2O3S. The van der Waals surface area contributed by atoms with Gasteiger partial charge in [-0.15, -0.1) is 0 Å². The van der Waals surface area contributed by atoms with Crippen LogP contribution >= 0.6 is 0 Å². The molecule has 0 saturated carbocycles. The monoisotopic (exact) mass is 388 g/mol. The number of sulfone groups is 1. The molecule has 2 aromatic rings. The number of piperazine rings is 1. The second kappa shape index (κ2) is 7.92. The van der Waals surface area contributed by atoms with Gasteiger partial charge in [-0.25, -0.2) is 12.8 Å². The van der Waals surface area contributed by atoms with Crippen molar-refractivity contribution >= 4 is 27.5 Å². The zero-order valence-electron chi connectivity index (χ0n) is 15.0. The molecule has 1 aliphatic heterocycles. The maximum absolute atomic E-state index is 14.3. The van der Waals surface area contributed by atoms with Crippen LogP contribution < -0.4 is 4.90 Å². The number of hydrogen-bond donors (Lipinski definition) is 0. The minimum atomic E-state index is -3.44. The summed E-state index contributed by atoms with van der Waals surface area (Å²) >= 11 is 0. The topological polar surface area (TPSA) is 57.7 Å². The fourth-order valence-corrected chi connectivity index (χ4v) is 3.61. The maximum atomic E-state index is 14.3. The van der Waals surface area contributed by atoms with E-state index in [0.29, 0.717) is 31.9 Å². The number of anilines is 1. The fraction of sp³-hybridized carbons (Fsp3) is 0.250. The molecule has 1 heterocycles. The largest absolute Gasteiger partial charge is 0.366 e. The normalized spacial score (nSPS) is 15.3. The molecule has 0 spiro atoms. The van der Waals surface area contributed by atoms with Crippen LogP contribution in [0.3, 0.4) is 0 Å². The zero-order chi connectivity index (χ0) is 19.4. The molecular weight excluding hydrogens is 367 g/mol. The van der Waals surface area contributed by atoms with E-state index in [9.17, 15) is 17.6 Å². The van der Waals surface area contributed by atoms with E-state index >= 15 is 0 Å². The first-order valence-electron chi connectivity index (χ1n) is 8.61. The number of carbonyl (C=O) groups is 1. The van der Waals surface area contributed by atoms with E-state index in [2.05, 4.69) is 0 Å². The summed E-state index contributed by atoms with van der Waals surface area (Å²) in [4.78, 5) is 15.8. The van der Waals surface area contributed by atoms with Crippen molar-refractivity contribution in [2.75, 3.05) is 37.3 Å². The van der Waals surface area contributed by atoms with Crippen molar-refractivity contribution in [3.8, 4) is 0 Å². The van der Waals surface area contributed by atoms with Gasteiger partial charge in [-0.2, -0.15) is 0 Å². The van der Waals surface area contributed by atoms with Crippen LogP contribution in [0.5, 0.6) is 0 Å². The van der Waals surface area contributed by atoms with Gasteiger partial charge in [-0.05, 0) is 29.8 Å². The minimum absolute atomic E-state index is 0.0383. The van der Waals surface area contributed by atoms with Crippen LogP contribution in [0.1, 0.15) is 5.56 Å². The molecule has 0 N–H and O–H groups in total. The SMILES string of the molecule is CS(=O)(=O)c1ccc(N2CCN(C(=O)C=Cc3ccccc3)CC2)c(F)c1. The van der Waals surface area contributed by atoms with E-state index in [1.807, 2.05) is 35.2 Å². The van der Waals surface area contributed by atoms with Crippen molar-refractivity contribution in [1.29, 1.82) is 0 Å². The Labute approximate surface area is 158 Å². The van der Waals surface area contributed by atoms with Gasteiger partial charge in [0.15, 0.2) is 9.84 Å². The number of carbonyl (C=O) groups excluding carboxylic acids is 1. The number of nitrogens with zero attached hydrogens (tertiary/aromatic N) is 2. The molecule has 142 valence electrons. The molecule has 0 bridgehead atoms. The highest BCUT2D eigenvalue weighted by Crippen LogP contribution is 2.24. The molecule has 27 heavy (non-hydrogen) atoms. The average Bonchev–Trinajstić information content (AvgIpc) is 2.66. The van der Waals surface area contributed by atoms with Crippen molar-refractivity contribution in [1.82, 2.24) is 4.90 Å². The van der Waals surface area contributed by atoms with Crippen LogP contribution in [0.2, 0.25) is 0 Å². The summed E-state index contributed by atoms with van der Waals surface area (Å²) in [5.41, 5.74) is 1.31. The van der Waals surface area contributed by atoms with Crippen LogP contribution in [0.25, 0.3) is 6.08 Å². The van der Waals surface area contributed by atoms with E-state index in [4.69, 9.17) is 0 Å². The molecule has 1 fully saturated rings. The third kappa shape index (κ3) is 4.74. The lowest BCUT2D eigenvalue weighted by Crippen LogP contribution is -2.48. The molecule has 1 amide bonds. The predicted octanol–water partition coefficient (Wildman–Crippen LogP) is 2.59. The van der Waals surface area contributed by atoms with E-state index in [-0.39, 0.29) is 10.8 Å². The Kier molecular flexibility index (Phi) is 5.60. The Morgan fingerprint density at radius 1 is 1.04 bits per heavy atom. The summed E-state index contributed by atoms with van der Waals surface area (Å²) in [5, 5.41) is 0. The lowest BCUT2D eigenvalue weighted by atomic mass is 10.2. The minimum Gasteiger partial charge on any atom is -0.366 e. The van der Waals surface area contributed by atoms with Crippen molar-refractivity contribution in [2.45, 2.75) is 4.90 Å². The average molecular weight is 388 g/mol. The lowest BCUT2D eigenvalue weighted by Gasteiger charge is -2.35. The van der Waals surface area contributed by atoms with E-state index in [1.54, 1.807) is 17.1 Å². The molecule has 5 nitrogen and oxygen atoms in total. The van der Waals surface area contributed by atoms with Gasteiger partial charge >= 0.3 is 0 Å². The van der Waals surface area contributed by atoms with Gasteiger partial charge in [-0.1, -0.05) is 30.3 Å². The van der Waals surface area contributed by atoms with Gasteiger partial charge in [0.1, 0.15) is 5.82 Å². The zero-order valence-corrected chi connectivity index (χ0v) is 15.8. The number of hydrogen-bond acceptors (Lipinski definition) is 4. The molecule has 7 heteroatoms. The Morgan fingerprint density at radius 3 is 2.30 bits per heavy atom. The van der Waals surface area contributed by atoms with Gasteiger partial charge in [0, 0.05) is 38.5 Å². The second-order valence-corrected chi connectivity index (χ2v) is 8.46. The van der Waals surface area contributed by atoms with Crippen molar-refractivity contribution in [2.24, 2.45) is 0 Å². The van der Waals surface area contributed by atoms with E-state index in [1.165, 1.54) is 12.1 Å². The summed E-state index contributed by atoms with van der Waals surface area (Å²) < 4.78 is 37.4. The summed E-state index contributed by atoms with van der Waals surface area (Å²) in [7, 11) is -3.44. The number of rotatable bonds is 4. The Bertz CT molecular complexity index is 950. The number of halogens is 1. The number of amides is 1. The van der Waals surface area contributed by atoms with Crippen molar-refractivity contribution < 1.29 is 17.6 Å². The van der Waals surface area contributed by atoms with Gasteiger partial charge in [0.2, 0.25) is 5.91 Å². The van der Waals surface area contributed by atoms with E-state index < -0.39 is 15.7 Å². The van der Waals surface area contributed by atoms with Crippen molar-refractivity contribution in [3.63, 3.8) is 0 Å². The Hall–Kier alpha value is -2.67. The van der Waals surface area contributed by atoms with E-state index in [0.717, 1.165) is 17.9 Å². The summed E-state index contributed by atoms with van der Waals surface area (Å²) in [5.74, 6) is -0.645. The van der Waals surface area contributed by atoms with Crippen LogP contribution in [0, 0.1) is 5.82 Å². The van der Waals surface area contributed by atoms with Gasteiger partial charge in [0.25, 0.3) is 0 Å². The highest BCUT2D eigenvalue weighted by atomic mass is 32.2. The van der Waals surface area contributed by atoms with Crippen LogP contribution in [-0.4, -0.2) is 51.7 Å². The second-order valence-electron chi connectivity index (χ2n) is 6.44. The Morgan fingerprint density at radius 2 is 1.70 bits per heavy atom. The quantitative estimate of drug-likeness (QED) is 0.756. The highest BCUT2D eigenvalue weighted by molar-refractivity contribution is 7.90. The standard InChI is InChI=1S/C20H21FN2O3S/c1-27(25,26)17-8-9-19(18(21)15-17)22-11-13-23(14-12-22)20(24)10-7-16-5-3-2-4-6-16/h2-10,15H,11-14H2,1H3. The van der Waals surface area contributed by atoms with Gasteiger partial charge < -0.3 is 9.80 Å². The predicted molar refractivity (Wildman–Crippen MR) is 104 cm³/mol. The smallest absolute Gasteiger partial charge is 0.246 e. The first kappa shape index (κ1) is 19.1. The molecule has 2 aromatic carbocycles. The van der Waals surface area contributed by atoms with Crippen molar-refractivity contribution in [3.05, 3.63) is 66.0 Å². The van der Waals surface area contributed by atoms with Crippen LogP contribution in [-0.2, 0) is 14.6 Å². The lowest BCUT2D eigenvalue weighted by molar-refractivity contribution is -0.126. The fourth-order valence-electron chi connectivity index (χ4n) is 2.98. The molecule has 3 rings (SSSR count). The molecule has 0 atom stereocenters. The molecule has 0 unspecified atom stereocenters. The first-order chi connectivity index (χ1) is 12.8. The van der Waals surface area contributed by atoms with Crippen LogP contribution in [0.4, 0.5) is 10.1 Å². The maximum Gasteiger partial charge on any atom is 0.246 e.